The number of phenolic OH excluding ortho intramolecular Hbond substituents is 1. The summed E-state index contributed by atoms with van der Waals surface area (Å²) in [5.41, 5.74) is 0.913. The Labute approximate surface area is 143 Å². The maximum atomic E-state index is 9.97. The molecular formula is C17H26N4OS. The number of benzene rings is 1. The van der Waals surface area contributed by atoms with Gasteiger partial charge < -0.3 is 20.2 Å². The molecule has 0 aromatic heterocycles. The molecule has 0 aliphatic carbocycles. The van der Waals surface area contributed by atoms with Gasteiger partial charge in [0, 0.05) is 51.3 Å². The first-order chi connectivity index (χ1) is 11.3. The Morgan fingerprint density at radius 1 is 1.35 bits per heavy atom. The summed E-state index contributed by atoms with van der Waals surface area (Å²) in [4.78, 5) is 8.87. The Morgan fingerprint density at radius 2 is 2.09 bits per heavy atom. The van der Waals surface area contributed by atoms with E-state index in [0.717, 1.165) is 55.9 Å². The Kier molecular flexibility index (Phi) is 7.13. The monoisotopic (exact) mass is 334 g/mol. The summed E-state index contributed by atoms with van der Waals surface area (Å²) < 4.78 is 0. The largest absolute Gasteiger partial charge is 0.506 e. The molecule has 1 saturated heterocycles. The SMILES string of the molecule is C=CCSCCNC(=NC)N1CCN(c2ccccc2O)CC1. The normalized spacial score (nSPS) is 15.6. The van der Waals surface area contributed by atoms with Crippen molar-refractivity contribution in [1.82, 2.24) is 10.2 Å². The number of anilines is 1. The zero-order valence-corrected chi connectivity index (χ0v) is 14.6. The van der Waals surface area contributed by atoms with Crippen LogP contribution in [0.4, 0.5) is 5.69 Å². The third-order valence-electron chi connectivity index (χ3n) is 3.78. The Bertz CT molecular complexity index is 527. The molecule has 5 nitrogen and oxygen atoms in total. The molecule has 0 bridgehead atoms. The fourth-order valence-electron chi connectivity index (χ4n) is 2.62. The summed E-state index contributed by atoms with van der Waals surface area (Å²) >= 11 is 1.86. The predicted octanol–water partition coefficient (Wildman–Crippen LogP) is 2.01. The van der Waals surface area contributed by atoms with E-state index < -0.39 is 0 Å². The second kappa shape index (κ2) is 9.35. The van der Waals surface area contributed by atoms with Crippen molar-refractivity contribution in [2.45, 2.75) is 0 Å². The molecule has 0 saturated carbocycles. The molecule has 1 aromatic carbocycles. The van der Waals surface area contributed by atoms with E-state index in [0.29, 0.717) is 5.75 Å². The zero-order valence-electron chi connectivity index (χ0n) is 13.7. The zero-order chi connectivity index (χ0) is 16.5. The van der Waals surface area contributed by atoms with Gasteiger partial charge in [0.05, 0.1) is 5.69 Å². The van der Waals surface area contributed by atoms with Gasteiger partial charge in [0.2, 0.25) is 0 Å². The molecular weight excluding hydrogens is 308 g/mol. The highest BCUT2D eigenvalue weighted by molar-refractivity contribution is 7.99. The van der Waals surface area contributed by atoms with E-state index in [-0.39, 0.29) is 0 Å². The van der Waals surface area contributed by atoms with Crippen molar-refractivity contribution < 1.29 is 5.11 Å². The molecule has 0 radical (unpaired) electrons. The third-order valence-corrected chi connectivity index (χ3v) is 4.74. The van der Waals surface area contributed by atoms with Crippen LogP contribution in [0.5, 0.6) is 5.75 Å². The van der Waals surface area contributed by atoms with Crippen LogP contribution in [0.25, 0.3) is 0 Å². The molecule has 1 heterocycles. The fourth-order valence-corrected chi connectivity index (χ4v) is 3.20. The topological polar surface area (TPSA) is 51.1 Å². The average molecular weight is 334 g/mol. The molecule has 2 N–H and O–H groups in total. The van der Waals surface area contributed by atoms with Crippen LogP contribution in [0.2, 0.25) is 0 Å². The van der Waals surface area contributed by atoms with Crippen molar-refractivity contribution in [3.05, 3.63) is 36.9 Å². The highest BCUT2D eigenvalue weighted by Gasteiger charge is 2.20. The van der Waals surface area contributed by atoms with Crippen LogP contribution in [-0.4, -0.2) is 67.2 Å². The molecule has 1 fully saturated rings. The van der Waals surface area contributed by atoms with Crippen LogP contribution in [-0.2, 0) is 0 Å². The number of aromatic hydroxyl groups is 1. The number of hydrogen-bond acceptors (Lipinski definition) is 4. The minimum atomic E-state index is 0.350. The van der Waals surface area contributed by atoms with E-state index in [1.165, 1.54) is 0 Å². The number of nitrogens with zero attached hydrogens (tertiary/aromatic N) is 3. The number of aliphatic imine (C=N–C) groups is 1. The van der Waals surface area contributed by atoms with Gasteiger partial charge in [0.15, 0.2) is 5.96 Å². The van der Waals surface area contributed by atoms with Gasteiger partial charge in [0.1, 0.15) is 5.75 Å². The van der Waals surface area contributed by atoms with Gasteiger partial charge in [-0.3, -0.25) is 4.99 Å². The van der Waals surface area contributed by atoms with E-state index in [2.05, 4.69) is 26.7 Å². The van der Waals surface area contributed by atoms with Gasteiger partial charge in [-0.2, -0.15) is 11.8 Å². The predicted molar refractivity (Wildman–Crippen MR) is 101 cm³/mol. The molecule has 2 rings (SSSR count). The fraction of sp³-hybridized carbons (Fsp3) is 0.471. The van der Waals surface area contributed by atoms with Crippen LogP contribution >= 0.6 is 11.8 Å². The first kappa shape index (κ1) is 17.5. The van der Waals surface area contributed by atoms with Gasteiger partial charge >= 0.3 is 0 Å². The van der Waals surface area contributed by atoms with E-state index in [1.807, 2.05) is 43.1 Å². The average Bonchev–Trinajstić information content (AvgIpc) is 2.59. The van der Waals surface area contributed by atoms with E-state index >= 15 is 0 Å². The van der Waals surface area contributed by atoms with Gasteiger partial charge in [-0.1, -0.05) is 18.2 Å². The molecule has 6 heteroatoms. The second-order valence-corrected chi connectivity index (χ2v) is 6.45. The molecule has 1 aliphatic rings. The van der Waals surface area contributed by atoms with Crippen LogP contribution in [0.1, 0.15) is 0 Å². The maximum absolute atomic E-state index is 9.97. The van der Waals surface area contributed by atoms with Crippen molar-refractivity contribution in [3.63, 3.8) is 0 Å². The number of nitrogens with one attached hydrogen (secondary N) is 1. The van der Waals surface area contributed by atoms with Gasteiger partial charge in [-0.05, 0) is 12.1 Å². The second-order valence-electron chi connectivity index (χ2n) is 5.30. The van der Waals surface area contributed by atoms with Crippen molar-refractivity contribution in [2.24, 2.45) is 4.99 Å². The Balaban J connectivity index is 1.80. The van der Waals surface area contributed by atoms with Crippen molar-refractivity contribution >= 4 is 23.4 Å². The lowest BCUT2D eigenvalue weighted by Crippen LogP contribution is -2.52. The molecule has 1 aliphatic heterocycles. The van der Waals surface area contributed by atoms with E-state index in [1.54, 1.807) is 6.07 Å². The minimum Gasteiger partial charge on any atom is -0.506 e. The third kappa shape index (κ3) is 5.10. The summed E-state index contributed by atoms with van der Waals surface area (Å²) in [5, 5.41) is 13.4. The van der Waals surface area contributed by atoms with E-state index in [9.17, 15) is 5.11 Å². The summed E-state index contributed by atoms with van der Waals surface area (Å²) in [7, 11) is 1.83. The van der Waals surface area contributed by atoms with Crippen molar-refractivity contribution in [3.8, 4) is 5.75 Å². The lowest BCUT2D eigenvalue weighted by Gasteiger charge is -2.37. The number of guanidine groups is 1. The first-order valence-electron chi connectivity index (χ1n) is 7.93. The highest BCUT2D eigenvalue weighted by Crippen LogP contribution is 2.27. The van der Waals surface area contributed by atoms with Crippen LogP contribution < -0.4 is 10.2 Å². The van der Waals surface area contributed by atoms with Crippen molar-refractivity contribution in [2.75, 3.05) is 56.2 Å². The molecule has 0 spiro atoms. The van der Waals surface area contributed by atoms with Crippen LogP contribution in [0.3, 0.4) is 0 Å². The van der Waals surface area contributed by atoms with Crippen LogP contribution in [0, 0.1) is 0 Å². The lowest BCUT2D eigenvalue weighted by atomic mass is 10.2. The maximum Gasteiger partial charge on any atom is 0.193 e. The molecule has 23 heavy (non-hydrogen) atoms. The molecule has 0 unspecified atom stereocenters. The summed E-state index contributed by atoms with van der Waals surface area (Å²) in [6, 6.07) is 7.52. The summed E-state index contributed by atoms with van der Waals surface area (Å²) in [6.07, 6.45) is 1.93. The Hall–Kier alpha value is -1.82. The number of rotatable bonds is 6. The van der Waals surface area contributed by atoms with E-state index in [4.69, 9.17) is 0 Å². The molecule has 0 amide bonds. The molecule has 0 atom stereocenters. The smallest absolute Gasteiger partial charge is 0.193 e. The summed E-state index contributed by atoms with van der Waals surface area (Å²) in [6.45, 7) is 8.18. The van der Waals surface area contributed by atoms with Crippen molar-refractivity contribution in [1.29, 1.82) is 0 Å². The minimum absolute atomic E-state index is 0.350. The number of phenols is 1. The molecule has 126 valence electrons. The Morgan fingerprint density at radius 3 is 2.74 bits per heavy atom. The first-order valence-corrected chi connectivity index (χ1v) is 9.09. The standard InChI is InChI=1S/C17H26N4OS/c1-3-13-23-14-8-19-17(18-2)21-11-9-20(10-12-21)15-6-4-5-7-16(15)22/h3-7,22H,1,8-14H2,2H3,(H,18,19). The number of para-hydroxylation sites is 2. The number of piperazine rings is 1. The van der Waals surface area contributed by atoms with Gasteiger partial charge in [0.25, 0.3) is 0 Å². The highest BCUT2D eigenvalue weighted by atomic mass is 32.2. The lowest BCUT2D eigenvalue weighted by molar-refractivity contribution is 0.371. The quantitative estimate of drug-likeness (QED) is 0.361. The molecule has 1 aromatic rings. The number of hydrogen-bond donors (Lipinski definition) is 2. The summed E-state index contributed by atoms with van der Waals surface area (Å²) in [5.74, 6) is 3.34. The number of thioether (sulfide) groups is 1. The van der Waals surface area contributed by atoms with Crippen LogP contribution in [0.15, 0.2) is 41.9 Å². The van der Waals surface area contributed by atoms with Gasteiger partial charge in [-0.15, -0.1) is 6.58 Å². The van der Waals surface area contributed by atoms with Gasteiger partial charge in [-0.25, -0.2) is 0 Å².